The van der Waals surface area contributed by atoms with E-state index in [1.165, 1.54) is 23.9 Å². The number of anilines is 4. The van der Waals surface area contributed by atoms with Crippen molar-refractivity contribution in [2.24, 2.45) is 21.7 Å². The fourth-order valence-electron chi connectivity index (χ4n) is 11.1. The van der Waals surface area contributed by atoms with E-state index in [1.54, 1.807) is 8.61 Å². The third-order valence-electron chi connectivity index (χ3n) is 15.3. The van der Waals surface area contributed by atoms with Gasteiger partial charge in [-0.1, -0.05) is 27.7 Å². The highest BCUT2D eigenvalue weighted by molar-refractivity contribution is 7.88. The van der Waals surface area contributed by atoms with Crippen LogP contribution >= 0.6 is 0 Å². The zero-order valence-corrected chi connectivity index (χ0v) is 41.5. The number of ether oxygens (including phenoxy) is 1. The number of likely N-dealkylation sites (tertiary alicyclic amines) is 2. The molecule has 6 aliphatic heterocycles. The molecule has 0 aliphatic carbocycles. The molecule has 4 atom stereocenters. The average molecular weight is 924 g/mol. The Balaban J connectivity index is 0.000000192. The number of amides is 1. The number of carbonyl (C=O) groups excluding carboxylic acids is 1. The second kappa shape index (κ2) is 17.8. The van der Waals surface area contributed by atoms with E-state index < -0.39 is 25.6 Å². The van der Waals surface area contributed by atoms with Crippen molar-refractivity contribution in [3.05, 3.63) is 48.5 Å². The van der Waals surface area contributed by atoms with Crippen LogP contribution in [-0.2, 0) is 24.8 Å². The molecule has 6 saturated heterocycles. The summed E-state index contributed by atoms with van der Waals surface area (Å²) in [5.74, 6) is 0. The lowest BCUT2D eigenvalue weighted by Gasteiger charge is -2.35. The summed E-state index contributed by atoms with van der Waals surface area (Å²) in [5.41, 5.74) is 4.80. The zero-order chi connectivity index (χ0) is 46.5. The maximum absolute atomic E-state index is 12.6. The molecule has 354 valence electrons. The summed E-state index contributed by atoms with van der Waals surface area (Å²) >= 11 is 0. The molecule has 6 aliphatic rings. The third kappa shape index (κ3) is 10.3. The zero-order valence-electron chi connectivity index (χ0n) is 39.8. The van der Waals surface area contributed by atoms with Crippen LogP contribution in [0.15, 0.2) is 48.5 Å². The van der Waals surface area contributed by atoms with Crippen LogP contribution in [-0.4, -0.2) is 171 Å². The van der Waals surface area contributed by atoms with Gasteiger partial charge in [-0.3, -0.25) is 0 Å². The first-order valence-corrected chi connectivity index (χ1v) is 26.7. The van der Waals surface area contributed by atoms with Gasteiger partial charge in [-0.05, 0) is 82.3 Å². The summed E-state index contributed by atoms with van der Waals surface area (Å²) in [4.78, 5) is 26.5. The molecule has 15 nitrogen and oxygen atoms in total. The number of carbonyl (C=O) groups is 1. The van der Waals surface area contributed by atoms with Crippen LogP contribution in [0.5, 0.6) is 0 Å². The number of piperazine rings is 2. The van der Waals surface area contributed by atoms with Gasteiger partial charge in [0.25, 0.3) is 0 Å². The second-order valence-electron chi connectivity index (χ2n) is 21.6. The van der Waals surface area contributed by atoms with Gasteiger partial charge in [0, 0.05) is 156 Å². The number of fused-ring (bicyclic) bond motifs is 2. The van der Waals surface area contributed by atoms with Crippen molar-refractivity contribution in [2.75, 3.05) is 143 Å². The molecule has 17 heteroatoms. The van der Waals surface area contributed by atoms with Crippen LogP contribution in [0.3, 0.4) is 0 Å². The Kier molecular flexibility index (Phi) is 13.4. The van der Waals surface area contributed by atoms with Crippen LogP contribution in [0.2, 0.25) is 0 Å². The van der Waals surface area contributed by atoms with Gasteiger partial charge in [-0.2, -0.15) is 13.9 Å². The first-order chi connectivity index (χ1) is 29.8. The Morgan fingerprint density at radius 3 is 1.22 bits per heavy atom. The topological polar surface area (TPSA) is 144 Å². The smallest absolute Gasteiger partial charge is 0.410 e. The van der Waals surface area contributed by atoms with Crippen LogP contribution in [0.1, 0.15) is 61.3 Å². The van der Waals surface area contributed by atoms with Crippen molar-refractivity contribution in [3.8, 4) is 6.07 Å². The number of rotatable bonds is 9. The molecule has 0 saturated carbocycles. The number of nitrogens with zero attached hydrogens (tertiary/aromatic N) is 9. The predicted molar refractivity (Wildman–Crippen MR) is 256 cm³/mol. The van der Waals surface area contributed by atoms with Crippen molar-refractivity contribution >= 4 is 48.9 Å². The molecule has 2 aromatic rings. The number of unbranched alkanes of at least 4 members (excludes halogenated alkanes) is 1. The van der Waals surface area contributed by atoms with Gasteiger partial charge >= 0.3 is 6.09 Å². The first kappa shape index (κ1) is 48.1. The molecule has 0 spiro atoms. The van der Waals surface area contributed by atoms with Crippen molar-refractivity contribution in [3.63, 3.8) is 0 Å². The Morgan fingerprint density at radius 2 is 0.906 bits per heavy atom. The Bertz CT molecular complexity index is 2210. The summed E-state index contributed by atoms with van der Waals surface area (Å²) in [6.45, 7) is 28.7. The monoisotopic (exact) mass is 924 g/mol. The van der Waals surface area contributed by atoms with Crippen molar-refractivity contribution in [2.45, 2.75) is 66.9 Å². The largest absolute Gasteiger partial charge is 0.444 e. The van der Waals surface area contributed by atoms with Gasteiger partial charge in [0.05, 0.1) is 18.6 Å². The fourth-order valence-corrected chi connectivity index (χ4v) is 12.8. The molecule has 64 heavy (non-hydrogen) atoms. The van der Waals surface area contributed by atoms with Crippen LogP contribution in [0, 0.1) is 33.0 Å². The van der Waals surface area contributed by atoms with E-state index in [9.17, 15) is 21.6 Å². The van der Waals surface area contributed by atoms with Gasteiger partial charge in [0.1, 0.15) is 5.60 Å². The Labute approximate surface area is 384 Å². The average Bonchev–Trinajstić information content (AvgIpc) is 3.82. The highest BCUT2D eigenvalue weighted by atomic mass is 32.2. The van der Waals surface area contributed by atoms with Crippen LogP contribution < -0.4 is 19.6 Å². The molecule has 6 fully saturated rings. The number of sulfonamides is 2. The van der Waals surface area contributed by atoms with Gasteiger partial charge < -0.3 is 34.1 Å². The molecule has 1 amide bonds. The predicted octanol–water partition coefficient (Wildman–Crippen LogP) is 5.07. The minimum absolute atomic E-state index is 0.00451. The Morgan fingerprint density at radius 1 is 0.578 bits per heavy atom. The van der Waals surface area contributed by atoms with E-state index in [0.29, 0.717) is 58.8 Å². The van der Waals surface area contributed by atoms with E-state index in [-0.39, 0.29) is 27.8 Å². The van der Waals surface area contributed by atoms with Gasteiger partial charge in [0.2, 0.25) is 20.0 Å². The number of nitriles is 1. The van der Waals surface area contributed by atoms with E-state index in [1.807, 2.05) is 25.7 Å². The molecule has 6 heterocycles. The summed E-state index contributed by atoms with van der Waals surface area (Å²) in [6.07, 6.45) is 3.95. The summed E-state index contributed by atoms with van der Waals surface area (Å²) < 4.78 is 55.7. The third-order valence-corrected chi connectivity index (χ3v) is 17.9. The fraction of sp³-hybridized carbons (Fsp3) is 0.702. The second-order valence-corrected chi connectivity index (χ2v) is 25.6. The molecular formula is C47H73N9O6S2. The lowest BCUT2D eigenvalue weighted by atomic mass is 9.71. The van der Waals surface area contributed by atoms with Crippen molar-refractivity contribution in [1.29, 1.82) is 5.26 Å². The highest BCUT2D eigenvalue weighted by Gasteiger charge is 2.59. The van der Waals surface area contributed by atoms with Gasteiger partial charge in [0.15, 0.2) is 0 Å². The maximum atomic E-state index is 12.6. The lowest BCUT2D eigenvalue weighted by Crippen LogP contribution is -2.48. The molecule has 2 aromatic carbocycles. The standard InChI is InChI=1S/C24H38N4O4S.C23H35N5O2S/c1-22(2,3)32-21(29)27-17-23(4)15-26(16-24(23,5)18-27)20-9-7-19(8-10-20)25-11-13-28(14-12-25)33(6,30)31;1-22-16-25(11-5-4-10-24)17-23(22,2)19-27(18-22)21-8-6-20(7-9-21)26-12-14-28(15-13-26)31(3,29)30/h7-10H,11-18H2,1-6H3;6-9H,4-5,11-19H2,1-3H3/t23-,24+;22-,23+. The molecular weight excluding hydrogens is 851 g/mol. The summed E-state index contributed by atoms with van der Waals surface area (Å²) in [5, 5.41) is 8.81. The maximum Gasteiger partial charge on any atom is 0.410 e. The quantitative estimate of drug-likeness (QED) is 0.310. The van der Waals surface area contributed by atoms with Crippen molar-refractivity contribution < 1.29 is 26.4 Å². The van der Waals surface area contributed by atoms with E-state index >= 15 is 0 Å². The SMILES string of the molecule is CC(C)(C)OC(=O)N1C[C@@]2(C)CN(c3ccc(N4CCN(S(C)(=O)=O)CC4)cc3)C[C@@]2(C)C1.C[C@@]12CN(CCCC#N)C[C@]1(C)CN(c1ccc(N3CCN(S(C)(=O)=O)CC3)cc1)C2. The van der Waals surface area contributed by atoms with E-state index in [0.717, 1.165) is 76.7 Å². The van der Waals surface area contributed by atoms with Gasteiger partial charge in [-0.25, -0.2) is 21.6 Å². The first-order valence-electron chi connectivity index (χ1n) is 23.0. The molecule has 0 bridgehead atoms. The van der Waals surface area contributed by atoms with Crippen LogP contribution in [0.4, 0.5) is 27.5 Å². The van der Waals surface area contributed by atoms with E-state index in [2.05, 4.69) is 107 Å². The summed E-state index contributed by atoms with van der Waals surface area (Å²) in [7, 11) is -6.22. The number of hydrogen-bond acceptors (Lipinski definition) is 12. The molecule has 0 N–H and O–H groups in total. The Hall–Kier alpha value is -3.82. The van der Waals surface area contributed by atoms with Gasteiger partial charge in [-0.15, -0.1) is 0 Å². The number of hydrogen-bond donors (Lipinski definition) is 0. The van der Waals surface area contributed by atoms with Crippen molar-refractivity contribution in [1.82, 2.24) is 18.4 Å². The molecule has 8 rings (SSSR count). The highest BCUT2D eigenvalue weighted by Crippen LogP contribution is 2.54. The van der Waals surface area contributed by atoms with E-state index in [4.69, 9.17) is 10.00 Å². The molecule has 0 aromatic heterocycles. The molecule has 0 unspecified atom stereocenters. The minimum atomic E-state index is -3.12. The minimum Gasteiger partial charge on any atom is -0.444 e. The normalized spacial score (nSPS) is 29.3. The molecule has 0 radical (unpaired) electrons. The number of benzene rings is 2. The van der Waals surface area contributed by atoms with Crippen LogP contribution in [0.25, 0.3) is 0 Å². The lowest BCUT2D eigenvalue weighted by molar-refractivity contribution is 0.0269. The summed E-state index contributed by atoms with van der Waals surface area (Å²) in [6, 6.07) is 19.7.